The second kappa shape index (κ2) is 4.54. The van der Waals surface area contributed by atoms with Crippen LogP contribution in [0.2, 0.25) is 0 Å². The van der Waals surface area contributed by atoms with E-state index in [1.54, 1.807) is 18.2 Å². The van der Waals surface area contributed by atoms with E-state index in [1.165, 1.54) is 0 Å². The van der Waals surface area contributed by atoms with Gasteiger partial charge in [0.15, 0.2) is 6.17 Å². The van der Waals surface area contributed by atoms with Crippen molar-refractivity contribution >= 4 is 15.9 Å². The van der Waals surface area contributed by atoms with Crippen molar-refractivity contribution in [2.75, 3.05) is 6.61 Å². The van der Waals surface area contributed by atoms with Gasteiger partial charge in [-0.2, -0.15) is 0 Å². The van der Waals surface area contributed by atoms with Gasteiger partial charge >= 0.3 is 0 Å². The molecule has 0 bridgehead atoms. The normalized spacial score (nSPS) is 12.9. The van der Waals surface area contributed by atoms with E-state index in [0.717, 1.165) is 4.47 Å². The molecule has 2 nitrogen and oxygen atoms in total. The zero-order chi connectivity index (χ0) is 8.97. The number of halogens is 2. The highest BCUT2D eigenvalue weighted by Crippen LogP contribution is 2.25. The van der Waals surface area contributed by atoms with Crippen LogP contribution < -0.4 is 5.90 Å². The molecule has 66 valence electrons. The summed E-state index contributed by atoms with van der Waals surface area (Å²) in [6, 6.07) is 7.05. The van der Waals surface area contributed by atoms with E-state index >= 15 is 0 Å². The minimum atomic E-state index is -1.18. The van der Waals surface area contributed by atoms with Gasteiger partial charge in [-0.3, -0.25) is 0 Å². The van der Waals surface area contributed by atoms with E-state index in [2.05, 4.69) is 20.8 Å². The van der Waals surface area contributed by atoms with Crippen LogP contribution in [0.15, 0.2) is 28.7 Å². The van der Waals surface area contributed by atoms with Crippen LogP contribution in [0.5, 0.6) is 0 Å². The van der Waals surface area contributed by atoms with Gasteiger partial charge in [0.1, 0.15) is 6.61 Å². The van der Waals surface area contributed by atoms with Gasteiger partial charge in [-0.25, -0.2) is 10.3 Å². The zero-order valence-electron chi connectivity index (χ0n) is 6.34. The Labute approximate surface area is 78.6 Å². The summed E-state index contributed by atoms with van der Waals surface area (Å²) in [4.78, 5) is 4.22. The predicted molar refractivity (Wildman–Crippen MR) is 48.1 cm³/mol. The first-order chi connectivity index (χ1) is 5.75. The summed E-state index contributed by atoms with van der Waals surface area (Å²) in [5.74, 6) is 4.76. The zero-order valence-corrected chi connectivity index (χ0v) is 7.92. The largest absolute Gasteiger partial charge is 0.301 e. The number of alkyl halides is 1. The molecule has 12 heavy (non-hydrogen) atoms. The van der Waals surface area contributed by atoms with Crippen LogP contribution in [-0.4, -0.2) is 6.61 Å². The molecule has 0 aliphatic carbocycles. The van der Waals surface area contributed by atoms with E-state index in [4.69, 9.17) is 5.90 Å². The van der Waals surface area contributed by atoms with Gasteiger partial charge in [0.05, 0.1) is 0 Å². The molecule has 0 saturated carbocycles. The van der Waals surface area contributed by atoms with Crippen molar-refractivity contribution in [2.45, 2.75) is 6.17 Å². The second-order valence-electron chi connectivity index (χ2n) is 2.32. The standard InChI is InChI=1S/C8H9BrFNO/c9-7-4-2-1-3-6(7)8(10)5-12-11/h1-4,8H,5,11H2. The van der Waals surface area contributed by atoms with Crippen molar-refractivity contribution in [2.24, 2.45) is 5.90 Å². The molecule has 0 radical (unpaired) electrons. The van der Waals surface area contributed by atoms with Crippen LogP contribution in [0.3, 0.4) is 0 Å². The van der Waals surface area contributed by atoms with Crippen LogP contribution in [0.25, 0.3) is 0 Å². The SMILES string of the molecule is NOCC(F)c1ccccc1Br. The smallest absolute Gasteiger partial charge is 0.151 e. The fourth-order valence-corrected chi connectivity index (χ4v) is 1.44. The summed E-state index contributed by atoms with van der Waals surface area (Å²) in [5.41, 5.74) is 0.558. The Bertz CT molecular complexity index is 257. The highest BCUT2D eigenvalue weighted by molar-refractivity contribution is 9.10. The Hall–Kier alpha value is -0.450. The Morgan fingerprint density at radius 3 is 2.75 bits per heavy atom. The first-order valence-corrected chi connectivity index (χ1v) is 4.25. The monoisotopic (exact) mass is 233 g/mol. The Morgan fingerprint density at radius 1 is 1.50 bits per heavy atom. The molecular weight excluding hydrogens is 225 g/mol. The lowest BCUT2D eigenvalue weighted by Crippen LogP contribution is -2.07. The van der Waals surface area contributed by atoms with Crippen molar-refractivity contribution in [3.63, 3.8) is 0 Å². The molecule has 0 aliphatic rings. The van der Waals surface area contributed by atoms with Gasteiger partial charge in [0.2, 0.25) is 0 Å². The molecule has 1 atom stereocenters. The quantitative estimate of drug-likeness (QED) is 0.814. The van der Waals surface area contributed by atoms with Crippen LogP contribution >= 0.6 is 15.9 Å². The van der Waals surface area contributed by atoms with Gasteiger partial charge in [-0.05, 0) is 6.07 Å². The molecule has 0 amide bonds. The summed E-state index contributed by atoms with van der Waals surface area (Å²) in [7, 11) is 0. The average Bonchev–Trinajstić information content (AvgIpc) is 2.05. The summed E-state index contributed by atoms with van der Waals surface area (Å²) in [6.07, 6.45) is -1.18. The molecule has 0 heterocycles. The van der Waals surface area contributed by atoms with E-state index in [-0.39, 0.29) is 6.61 Å². The minimum absolute atomic E-state index is 0.122. The summed E-state index contributed by atoms with van der Waals surface area (Å²) >= 11 is 3.23. The highest BCUT2D eigenvalue weighted by atomic mass is 79.9. The lowest BCUT2D eigenvalue weighted by Gasteiger charge is -2.07. The maximum atomic E-state index is 13.2. The number of rotatable bonds is 3. The molecule has 1 aromatic rings. The molecule has 0 aromatic heterocycles. The van der Waals surface area contributed by atoms with Crippen LogP contribution in [-0.2, 0) is 4.84 Å². The fraction of sp³-hybridized carbons (Fsp3) is 0.250. The first-order valence-electron chi connectivity index (χ1n) is 3.46. The molecule has 4 heteroatoms. The van der Waals surface area contributed by atoms with Gasteiger partial charge in [0, 0.05) is 10.0 Å². The molecule has 1 rings (SSSR count). The summed E-state index contributed by atoms with van der Waals surface area (Å²) < 4.78 is 13.9. The molecule has 2 N–H and O–H groups in total. The fourth-order valence-electron chi connectivity index (χ4n) is 0.903. The van der Waals surface area contributed by atoms with Gasteiger partial charge in [-0.15, -0.1) is 0 Å². The number of benzene rings is 1. The van der Waals surface area contributed by atoms with E-state index in [9.17, 15) is 4.39 Å². The van der Waals surface area contributed by atoms with E-state index < -0.39 is 6.17 Å². The van der Waals surface area contributed by atoms with Crippen LogP contribution in [0.4, 0.5) is 4.39 Å². The number of hydrogen-bond acceptors (Lipinski definition) is 2. The van der Waals surface area contributed by atoms with Crippen molar-refractivity contribution in [1.82, 2.24) is 0 Å². The third kappa shape index (κ3) is 2.27. The number of nitrogens with two attached hydrogens (primary N) is 1. The van der Waals surface area contributed by atoms with Crippen molar-refractivity contribution < 1.29 is 9.23 Å². The molecule has 0 saturated heterocycles. The summed E-state index contributed by atoms with van der Waals surface area (Å²) in [6.45, 7) is -0.122. The Morgan fingerprint density at radius 2 is 2.17 bits per heavy atom. The first kappa shape index (κ1) is 9.64. The molecule has 0 aliphatic heterocycles. The third-order valence-electron chi connectivity index (χ3n) is 1.49. The maximum Gasteiger partial charge on any atom is 0.151 e. The average molecular weight is 234 g/mol. The van der Waals surface area contributed by atoms with Gasteiger partial charge in [-0.1, -0.05) is 34.1 Å². The Kier molecular flexibility index (Phi) is 3.65. The third-order valence-corrected chi connectivity index (χ3v) is 2.21. The van der Waals surface area contributed by atoms with Crippen molar-refractivity contribution in [1.29, 1.82) is 0 Å². The van der Waals surface area contributed by atoms with Crippen molar-refractivity contribution in [3.05, 3.63) is 34.3 Å². The topological polar surface area (TPSA) is 35.2 Å². The Balaban J connectivity index is 2.79. The second-order valence-corrected chi connectivity index (χ2v) is 3.18. The van der Waals surface area contributed by atoms with Gasteiger partial charge < -0.3 is 4.84 Å². The maximum absolute atomic E-state index is 13.2. The lowest BCUT2D eigenvalue weighted by atomic mass is 10.1. The molecule has 1 aromatic carbocycles. The van der Waals surface area contributed by atoms with Crippen LogP contribution in [0.1, 0.15) is 11.7 Å². The predicted octanol–water partition coefficient (Wildman–Crippen LogP) is 2.35. The number of hydrogen-bond donors (Lipinski definition) is 1. The molecule has 0 spiro atoms. The lowest BCUT2D eigenvalue weighted by molar-refractivity contribution is 0.0814. The minimum Gasteiger partial charge on any atom is -0.301 e. The van der Waals surface area contributed by atoms with Crippen LogP contribution in [0, 0.1) is 0 Å². The van der Waals surface area contributed by atoms with Gasteiger partial charge in [0.25, 0.3) is 0 Å². The molecular formula is C8H9BrFNO. The highest BCUT2D eigenvalue weighted by Gasteiger charge is 2.11. The van der Waals surface area contributed by atoms with E-state index in [0.29, 0.717) is 5.56 Å². The molecule has 1 unspecified atom stereocenters. The summed E-state index contributed by atoms with van der Waals surface area (Å²) in [5, 5.41) is 0. The van der Waals surface area contributed by atoms with Crippen molar-refractivity contribution in [3.8, 4) is 0 Å². The molecule has 0 fully saturated rings. The van der Waals surface area contributed by atoms with E-state index in [1.807, 2.05) is 6.07 Å².